The van der Waals surface area contributed by atoms with Crippen molar-refractivity contribution in [1.82, 2.24) is 10.6 Å². The minimum Gasteiger partial charge on any atom is -0.370 e. The van der Waals surface area contributed by atoms with Gasteiger partial charge in [-0.3, -0.25) is 0 Å². The summed E-state index contributed by atoms with van der Waals surface area (Å²) in [5, 5.41) is 5.39. The topological polar surface area (TPSA) is 33.3 Å². The van der Waals surface area contributed by atoms with Crippen LogP contribution in [0.15, 0.2) is 0 Å². The maximum absolute atomic E-state index is 12.3. The van der Waals surface area contributed by atoms with Crippen molar-refractivity contribution in [1.29, 1.82) is 0 Å². The van der Waals surface area contributed by atoms with Crippen molar-refractivity contribution >= 4 is 0 Å². The molecule has 2 N–H and O–H groups in total. The van der Waals surface area contributed by atoms with Crippen LogP contribution in [-0.4, -0.2) is 44.1 Å². The molecule has 0 amide bonds. The predicted molar refractivity (Wildman–Crippen MR) is 44.0 cm³/mol. The largest absolute Gasteiger partial charge is 0.406 e. The Kier molecular flexibility index (Phi) is 2.68. The zero-order valence-corrected chi connectivity index (χ0v) is 7.60. The molecule has 0 bridgehead atoms. The maximum Gasteiger partial charge on any atom is 0.406 e. The summed E-state index contributed by atoms with van der Waals surface area (Å²) in [6, 6.07) is -1.47. The van der Waals surface area contributed by atoms with Gasteiger partial charge in [0.05, 0.1) is 12.2 Å². The van der Waals surface area contributed by atoms with E-state index in [9.17, 15) is 13.2 Å². The Hall–Kier alpha value is -0.330. The molecule has 0 aromatic rings. The number of rotatable bonds is 2. The van der Waals surface area contributed by atoms with Crippen LogP contribution in [0.5, 0.6) is 0 Å². The Morgan fingerprint density at radius 3 is 2.43 bits per heavy atom. The predicted octanol–water partition coefficient (Wildman–Crippen LogP) is 0.268. The van der Waals surface area contributed by atoms with Crippen LogP contribution < -0.4 is 10.6 Å². The lowest BCUT2D eigenvalue weighted by Gasteiger charge is -2.40. The number of hydrogen-bond acceptors (Lipinski definition) is 3. The van der Waals surface area contributed by atoms with Gasteiger partial charge in [-0.2, -0.15) is 13.2 Å². The lowest BCUT2D eigenvalue weighted by atomic mass is 10.0. The molecule has 0 aromatic heterocycles. The van der Waals surface area contributed by atoms with Gasteiger partial charge in [0, 0.05) is 13.1 Å². The first kappa shape index (κ1) is 10.2. The van der Waals surface area contributed by atoms with Gasteiger partial charge >= 0.3 is 6.18 Å². The fourth-order valence-corrected chi connectivity index (χ4v) is 1.78. The van der Waals surface area contributed by atoms with Gasteiger partial charge in [-0.25, -0.2) is 0 Å². The third-order valence-electron chi connectivity index (χ3n) is 2.65. The molecule has 14 heavy (non-hydrogen) atoms. The Labute approximate surface area is 80.0 Å². The molecule has 3 nitrogen and oxygen atoms in total. The summed E-state index contributed by atoms with van der Waals surface area (Å²) in [6.45, 7) is 1.81. The normalized spacial score (nSPS) is 38.4. The van der Waals surface area contributed by atoms with E-state index in [1.807, 2.05) is 0 Å². The van der Waals surface area contributed by atoms with Crippen molar-refractivity contribution in [2.24, 2.45) is 0 Å². The average Bonchev–Trinajstić information content (AvgIpc) is 2.46. The third-order valence-corrected chi connectivity index (χ3v) is 2.65. The zero-order chi connectivity index (χ0) is 10.2. The van der Waals surface area contributed by atoms with Crippen molar-refractivity contribution in [2.45, 2.75) is 30.8 Å². The summed E-state index contributed by atoms with van der Waals surface area (Å²) in [4.78, 5) is 0. The molecule has 0 aliphatic carbocycles. The van der Waals surface area contributed by atoms with Crippen molar-refractivity contribution in [3.8, 4) is 0 Å². The summed E-state index contributed by atoms with van der Waals surface area (Å²) in [7, 11) is 0. The van der Waals surface area contributed by atoms with E-state index in [4.69, 9.17) is 4.74 Å². The second-order valence-electron chi connectivity index (χ2n) is 3.72. The second kappa shape index (κ2) is 3.67. The Morgan fingerprint density at radius 1 is 1.21 bits per heavy atom. The molecule has 2 rings (SSSR count). The second-order valence-corrected chi connectivity index (χ2v) is 3.72. The van der Waals surface area contributed by atoms with Crippen LogP contribution >= 0.6 is 0 Å². The lowest BCUT2D eigenvalue weighted by molar-refractivity contribution is -0.214. The zero-order valence-electron chi connectivity index (χ0n) is 7.60. The summed E-state index contributed by atoms with van der Waals surface area (Å²) in [6.07, 6.45) is -4.12. The summed E-state index contributed by atoms with van der Waals surface area (Å²) in [5.74, 6) is 0. The summed E-state index contributed by atoms with van der Waals surface area (Å²) < 4.78 is 42.1. The van der Waals surface area contributed by atoms with E-state index in [1.165, 1.54) is 0 Å². The van der Waals surface area contributed by atoms with E-state index in [2.05, 4.69) is 10.6 Å². The fourth-order valence-electron chi connectivity index (χ4n) is 1.78. The van der Waals surface area contributed by atoms with E-state index in [0.717, 1.165) is 13.0 Å². The fraction of sp³-hybridized carbons (Fsp3) is 1.00. The molecule has 2 saturated heterocycles. The smallest absolute Gasteiger partial charge is 0.370 e. The van der Waals surface area contributed by atoms with E-state index in [0.29, 0.717) is 13.1 Å². The Morgan fingerprint density at radius 2 is 2.00 bits per heavy atom. The molecule has 2 aliphatic rings. The van der Waals surface area contributed by atoms with Crippen LogP contribution in [-0.2, 0) is 4.74 Å². The summed E-state index contributed by atoms with van der Waals surface area (Å²) in [5.41, 5.74) is 0. The first-order chi connectivity index (χ1) is 6.57. The standard InChI is InChI=1S/C8H13F3N2O/c9-8(10,11)7-6(4-13-7)14-5-1-2-12-3-5/h5-7,12-13H,1-4H2/t5-,6?,7-/m0/s1. The van der Waals surface area contributed by atoms with Gasteiger partial charge in [-0.15, -0.1) is 0 Å². The number of halogens is 3. The van der Waals surface area contributed by atoms with Gasteiger partial charge in [0.25, 0.3) is 0 Å². The molecule has 82 valence electrons. The highest BCUT2D eigenvalue weighted by atomic mass is 19.4. The average molecular weight is 210 g/mol. The Bertz CT molecular complexity index is 203. The van der Waals surface area contributed by atoms with Crippen molar-refractivity contribution in [3.63, 3.8) is 0 Å². The number of ether oxygens (including phenoxy) is 1. The van der Waals surface area contributed by atoms with Crippen LogP contribution in [0.1, 0.15) is 6.42 Å². The highest BCUT2D eigenvalue weighted by molar-refractivity contribution is 4.95. The molecule has 0 spiro atoms. The van der Waals surface area contributed by atoms with Crippen LogP contribution in [0.2, 0.25) is 0 Å². The van der Waals surface area contributed by atoms with Crippen LogP contribution in [0, 0.1) is 0 Å². The van der Waals surface area contributed by atoms with Gasteiger partial charge in [-0.05, 0) is 13.0 Å². The quantitative estimate of drug-likeness (QED) is 0.686. The van der Waals surface area contributed by atoms with Gasteiger partial charge in [0.2, 0.25) is 0 Å². The van der Waals surface area contributed by atoms with E-state index in [-0.39, 0.29) is 6.10 Å². The maximum atomic E-state index is 12.3. The summed E-state index contributed by atoms with van der Waals surface area (Å²) >= 11 is 0. The third kappa shape index (κ3) is 2.02. The molecule has 3 atom stereocenters. The number of hydrogen-bond donors (Lipinski definition) is 2. The molecule has 6 heteroatoms. The van der Waals surface area contributed by atoms with Crippen molar-refractivity contribution < 1.29 is 17.9 Å². The Balaban J connectivity index is 1.81. The van der Waals surface area contributed by atoms with Crippen molar-refractivity contribution in [3.05, 3.63) is 0 Å². The van der Waals surface area contributed by atoms with E-state index >= 15 is 0 Å². The monoisotopic (exact) mass is 210 g/mol. The van der Waals surface area contributed by atoms with Gasteiger partial charge in [-0.1, -0.05) is 0 Å². The minimum absolute atomic E-state index is 0.0491. The van der Waals surface area contributed by atoms with Gasteiger partial charge in [0.15, 0.2) is 0 Å². The molecule has 0 saturated carbocycles. The SMILES string of the molecule is FC(F)(F)[C@H]1NCC1O[C@H]1CCNC1. The van der Waals surface area contributed by atoms with Crippen LogP contribution in [0.4, 0.5) is 13.2 Å². The van der Waals surface area contributed by atoms with E-state index in [1.54, 1.807) is 0 Å². The molecule has 2 fully saturated rings. The van der Waals surface area contributed by atoms with Crippen molar-refractivity contribution in [2.75, 3.05) is 19.6 Å². The molecular weight excluding hydrogens is 197 g/mol. The molecule has 0 aromatic carbocycles. The molecule has 2 aliphatic heterocycles. The van der Waals surface area contributed by atoms with Crippen LogP contribution in [0.3, 0.4) is 0 Å². The van der Waals surface area contributed by atoms with Crippen LogP contribution in [0.25, 0.3) is 0 Å². The highest BCUT2D eigenvalue weighted by Crippen LogP contribution is 2.29. The van der Waals surface area contributed by atoms with Gasteiger partial charge < -0.3 is 15.4 Å². The molecular formula is C8H13F3N2O. The first-order valence-electron chi connectivity index (χ1n) is 4.73. The number of nitrogens with one attached hydrogen (secondary N) is 2. The highest BCUT2D eigenvalue weighted by Gasteiger charge is 2.51. The minimum atomic E-state index is -4.19. The molecule has 0 radical (unpaired) electrons. The van der Waals surface area contributed by atoms with E-state index < -0.39 is 18.3 Å². The number of alkyl halides is 3. The molecule has 2 heterocycles. The first-order valence-corrected chi connectivity index (χ1v) is 4.73. The van der Waals surface area contributed by atoms with Gasteiger partial charge in [0.1, 0.15) is 6.04 Å². The molecule has 1 unspecified atom stereocenters. The lowest BCUT2D eigenvalue weighted by Crippen LogP contribution is -2.65.